The van der Waals surface area contributed by atoms with Gasteiger partial charge < -0.3 is 9.88 Å². The average Bonchev–Trinajstić information content (AvgIpc) is 2.68. The van der Waals surface area contributed by atoms with E-state index in [1.807, 2.05) is 25.1 Å². The standard InChI is InChI=1S/C20H19ClN4O3/c1-2-11-25-19(27)10-8-17(23-25)20(28)22-15-7-9-18(26)24(13-15)12-14-5-3-4-6-16(14)21/h3-10,13H,2,11-12H2,1H3,(H,22,28). The number of carbonyl (C=O) groups is 1. The van der Waals surface area contributed by atoms with Gasteiger partial charge in [0.2, 0.25) is 0 Å². The normalized spacial score (nSPS) is 10.6. The van der Waals surface area contributed by atoms with Crippen molar-refractivity contribution in [3.8, 4) is 0 Å². The molecule has 7 nitrogen and oxygen atoms in total. The van der Waals surface area contributed by atoms with Crippen LogP contribution in [0.25, 0.3) is 0 Å². The quantitative estimate of drug-likeness (QED) is 0.691. The minimum absolute atomic E-state index is 0.122. The summed E-state index contributed by atoms with van der Waals surface area (Å²) in [6.45, 7) is 2.63. The number of aromatic nitrogens is 3. The lowest BCUT2D eigenvalue weighted by Crippen LogP contribution is -2.26. The number of benzene rings is 1. The van der Waals surface area contributed by atoms with Gasteiger partial charge in [-0.05, 0) is 30.2 Å². The van der Waals surface area contributed by atoms with Crippen molar-refractivity contribution in [3.05, 3.63) is 91.7 Å². The number of nitrogens with one attached hydrogen (secondary N) is 1. The molecule has 2 aromatic heterocycles. The van der Waals surface area contributed by atoms with E-state index in [4.69, 9.17) is 11.6 Å². The van der Waals surface area contributed by atoms with Gasteiger partial charge in [-0.1, -0.05) is 36.7 Å². The lowest BCUT2D eigenvalue weighted by atomic mass is 10.2. The van der Waals surface area contributed by atoms with Crippen LogP contribution in [0.15, 0.2) is 64.3 Å². The van der Waals surface area contributed by atoms with Gasteiger partial charge in [0.25, 0.3) is 17.0 Å². The Bertz CT molecular complexity index is 1120. The first-order chi connectivity index (χ1) is 13.5. The van der Waals surface area contributed by atoms with E-state index in [-0.39, 0.29) is 23.4 Å². The number of anilines is 1. The zero-order valence-corrected chi connectivity index (χ0v) is 16.0. The Labute approximate surface area is 166 Å². The molecule has 3 aromatic rings. The lowest BCUT2D eigenvalue weighted by molar-refractivity contribution is 0.101. The van der Waals surface area contributed by atoms with Gasteiger partial charge in [-0.2, -0.15) is 5.10 Å². The van der Waals surface area contributed by atoms with Crippen LogP contribution in [0.4, 0.5) is 5.69 Å². The van der Waals surface area contributed by atoms with Gasteiger partial charge in [0.05, 0.1) is 12.2 Å². The van der Waals surface area contributed by atoms with Crippen molar-refractivity contribution in [2.75, 3.05) is 5.32 Å². The lowest BCUT2D eigenvalue weighted by Gasteiger charge is -2.11. The maximum atomic E-state index is 12.5. The predicted octanol–water partition coefficient (Wildman–Crippen LogP) is 2.77. The van der Waals surface area contributed by atoms with E-state index in [1.165, 1.54) is 33.5 Å². The van der Waals surface area contributed by atoms with E-state index in [1.54, 1.807) is 12.3 Å². The highest BCUT2D eigenvalue weighted by Crippen LogP contribution is 2.16. The molecule has 28 heavy (non-hydrogen) atoms. The molecule has 0 saturated heterocycles. The van der Waals surface area contributed by atoms with Crippen molar-refractivity contribution in [2.24, 2.45) is 0 Å². The fraction of sp³-hybridized carbons (Fsp3) is 0.200. The second-order valence-corrected chi connectivity index (χ2v) is 6.62. The van der Waals surface area contributed by atoms with Crippen LogP contribution in [0.5, 0.6) is 0 Å². The Morgan fingerprint density at radius 2 is 1.82 bits per heavy atom. The van der Waals surface area contributed by atoms with Gasteiger partial charge >= 0.3 is 0 Å². The molecule has 0 saturated carbocycles. The third kappa shape index (κ3) is 4.55. The van der Waals surface area contributed by atoms with Gasteiger partial charge in [0.15, 0.2) is 0 Å². The maximum absolute atomic E-state index is 12.5. The van der Waals surface area contributed by atoms with Crippen LogP contribution >= 0.6 is 11.6 Å². The molecule has 0 unspecified atom stereocenters. The molecule has 1 amide bonds. The van der Waals surface area contributed by atoms with Gasteiger partial charge in [0, 0.05) is 29.9 Å². The predicted molar refractivity (Wildman–Crippen MR) is 108 cm³/mol. The molecule has 1 N–H and O–H groups in total. The summed E-state index contributed by atoms with van der Waals surface area (Å²) in [7, 11) is 0. The van der Waals surface area contributed by atoms with Crippen molar-refractivity contribution < 1.29 is 4.79 Å². The molecule has 0 aliphatic rings. The van der Waals surface area contributed by atoms with E-state index in [2.05, 4.69) is 10.4 Å². The fourth-order valence-corrected chi connectivity index (χ4v) is 2.87. The fourth-order valence-electron chi connectivity index (χ4n) is 2.68. The topological polar surface area (TPSA) is 86.0 Å². The first-order valence-corrected chi connectivity index (χ1v) is 9.19. The number of rotatable bonds is 6. The largest absolute Gasteiger partial charge is 0.319 e. The van der Waals surface area contributed by atoms with E-state index in [0.717, 1.165) is 12.0 Å². The summed E-state index contributed by atoms with van der Waals surface area (Å²) in [5.41, 5.74) is 0.880. The Hall–Kier alpha value is -3.19. The Balaban J connectivity index is 1.82. The minimum atomic E-state index is -0.465. The molecule has 3 rings (SSSR count). The van der Waals surface area contributed by atoms with Gasteiger partial charge in [-0.15, -0.1) is 0 Å². The van der Waals surface area contributed by atoms with Crippen LogP contribution in [0.1, 0.15) is 29.4 Å². The van der Waals surface area contributed by atoms with Crippen LogP contribution in [-0.2, 0) is 13.1 Å². The molecule has 2 heterocycles. The van der Waals surface area contributed by atoms with Crippen LogP contribution in [0.2, 0.25) is 5.02 Å². The SMILES string of the molecule is CCCn1nc(C(=O)Nc2ccc(=O)n(Cc3ccccc3Cl)c2)ccc1=O. The number of halogens is 1. The molecule has 0 aliphatic carbocycles. The first-order valence-electron chi connectivity index (χ1n) is 8.81. The van der Waals surface area contributed by atoms with Crippen LogP contribution in [0.3, 0.4) is 0 Å². The molecule has 1 aromatic carbocycles. The number of hydrogen-bond donors (Lipinski definition) is 1. The molecule has 0 atom stereocenters. The molecular weight excluding hydrogens is 380 g/mol. The summed E-state index contributed by atoms with van der Waals surface area (Å²) in [5, 5.41) is 7.35. The Morgan fingerprint density at radius 3 is 2.57 bits per heavy atom. The highest BCUT2D eigenvalue weighted by Gasteiger charge is 2.11. The smallest absolute Gasteiger partial charge is 0.276 e. The molecule has 8 heteroatoms. The van der Waals surface area contributed by atoms with Crippen LogP contribution < -0.4 is 16.4 Å². The number of nitrogens with zero attached hydrogens (tertiary/aromatic N) is 3. The molecular formula is C20H19ClN4O3. The van der Waals surface area contributed by atoms with E-state index >= 15 is 0 Å². The third-order valence-corrected chi connectivity index (χ3v) is 4.44. The number of carbonyl (C=O) groups excluding carboxylic acids is 1. The molecule has 144 valence electrons. The van der Waals surface area contributed by atoms with E-state index < -0.39 is 5.91 Å². The van der Waals surface area contributed by atoms with E-state index in [0.29, 0.717) is 17.3 Å². The number of hydrogen-bond acceptors (Lipinski definition) is 4. The highest BCUT2D eigenvalue weighted by molar-refractivity contribution is 6.31. The summed E-state index contributed by atoms with van der Waals surface area (Å²) in [6, 6.07) is 12.8. The Morgan fingerprint density at radius 1 is 1.07 bits per heavy atom. The second-order valence-electron chi connectivity index (χ2n) is 6.21. The minimum Gasteiger partial charge on any atom is -0.319 e. The number of pyridine rings is 1. The Kier molecular flexibility index (Phi) is 6.06. The monoisotopic (exact) mass is 398 g/mol. The summed E-state index contributed by atoms with van der Waals surface area (Å²) < 4.78 is 2.72. The highest BCUT2D eigenvalue weighted by atomic mass is 35.5. The maximum Gasteiger partial charge on any atom is 0.276 e. The first kappa shape index (κ1) is 19.6. The molecule has 0 radical (unpaired) electrons. The summed E-state index contributed by atoms with van der Waals surface area (Å²) >= 11 is 6.16. The van der Waals surface area contributed by atoms with Gasteiger partial charge in [0.1, 0.15) is 5.69 Å². The number of aryl methyl sites for hydroxylation is 1. The van der Waals surface area contributed by atoms with Crippen LogP contribution in [-0.4, -0.2) is 20.3 Å². The summed E-state index contributed by atoms with van der Waals surface area (Å²) in [5.74, 6) is -0.465. The van der Waals surface area contributed by atoms with Crippen molar-refractivity contribution in [1.29, 1.82) is 0 Å². The summed E-state index contributed by atoms with van der Waals surface area (Å²) in [4.78, 5) is 36.4. The van der Waals surface area contributed by atoms with Crippen LogP contribution in [0, 0.1) is 0 Å². The molecule has 0 spiro atoms. The molecule has 0 bridgehead atoms. The summed E-state index contributed by atoms with van der Waals surface area (Å²) in [6.07, 6.45) is 2.27. The number of amides is 1. The zero-order valence-electron chi connectivity index (χ0n) is 15.3. The average molecular weight is 399 g/mol. The zero-order chi connectivity index (χ0) is 20.1. The second kappa shape index (κ2) is 8.67. The van der Waals surface area contributed by atoms with Crippen molar-refractivity contribution in [3.63, 3.8) is 0 Å². The van der Waals surface area contributed by atoms with Crippen molar-refractivity contribution >= 4 is 23.2 Å². The van der Waals surface area contributed by atoms with E-state index in [9.17, 15) is 14.4 Å². The van der Waals surface area contributed by atoms with Crippen molar-refractivity contribution in [2.45, 2.75) is 26.4 Å². The molecule has 0 aliphatic heterocycles. The van der Waals surface area contributed by atoms with Crippen molar-refractivity contribution in [1.82, 2.24) is 14.3 Å². The van der Waals surface area contributed by atoms with Gasteiger partial charge in [-0.25, -0.2) is 4.68 Å². The third-order valence-electron chi connectivity index (χ3n) is 4.07. The van der Waals surface area contributed by atoms with Gasteiger partial charge in [-0.3, -0.25) is 14.4 Å². The molecule has 0 fully saturated rings.